The maximum absolute atomic E-state index is 12.5. The number of esters is 2. The monoisotopic (exact) mass is 455 g/mol. The molecule has 1 aromatic rings. The third kappa shape index (κ3) is 7.79. The molecule has 0 aliphatic carbocycles. The minimum Gasteiger partial charge on any atom is -0.455 e. The highest BCUT2D eigenvalue weighted by atomic mass is 19.4. The van der Waals surface area contributed by atoms with Gasteiger partial charge in [0, 0.05) is 5.69 Å². The van der Waals surface area contributed by atoms with Crippen molar-refractivity contribution in [1.29, 1.82) is 0 Å². The first-order valence-electron chi connectivity index (χ1n) is 7.45. The van der Waals surface area contributed by atoms with Crippen LogP contribution in [-0.4, -0.2) is 49.1 Å². The number of nitrogens with one attached hydrogen (secondary N) is 1. The highest BCUT2D eigenvalue weighted by molar-refractivity contribution is 6.18. The van der Waals surface area contributed by atoms with E-state index in [4.69, 9.17) is 0 Å². The van der Waals surface area contributed by atoms with E-state index in [0.29, 0.717) is 0 Å². The van der Waals surface area contributed by atoms with Crippen LogP contribution in [0, 0.1) is 5.92 Å². The van der Waals surface area contributed by atoms with E-state index in [1.165, 1.54) is 18.2 Å². The number of ether oxygens (including phenoxy) is 2. The second-order valence-corrected chi connectivity index (χ2v) is 5.41. The van der Waals surface area contributed by atoms with E-state index in [0.717, 1.165) is 12.1 Å². The Morgan fingerprint density at radius 2 is 1.33 bits per heavy atom. The van der Waals surface area contributed by atoms with Crippen molar-refractivity contribution in [2.75, 3.05) is 11.9 Å². The number of halogens is 9. The van der Waals surface area contributed by atoms with E-state index in [2.05, 4.69) is 9.47 Å². The summed E-state index contributed by atoms with van der Waals surface area (Å²) in [6.45, 7) is -2.36. The quantitative estimate of drug-likeness (QED) is 0.404. The molecule has 0 saturated heterocycles. The Balaban J connectivity index is 3.15. The number of hydrogen-bond donors (Lipinski definition) is 1. The summed E-state index contributed by atoms with van der Waals surface area (Å²) in [4.78, 5) is 35.5. The van der Waals surface area contributed by atoms with Gasteiger partial charge in [-0.1, -0.05) is 18.2 Å². The lowest BCUT2D eigenvalue weighted by Crippen LogP contribution is -2.49. The van der Waals surface area contributed by atoms with Gasteiger partial charge in [-0.25, -0.2) is 0 Å². The van der Waals surface area contributed by atoms with Crippen molar-refractivity contribution < 1.29 is 63.4 Å². The van der Waals surface area contributed by atoms with Gasteiger partial charge in [0.1, 0.15) is 0 Å². The summed E-state index contributed by atoms with van der Waals surface area (Å²) in [5.74, 6) is -10.2. The van der Waals surface area contributed by atoms with Crippen molar-refractivity contribution in [3.8, 4) is 0 Å². The molecule has 1 atom stereocenters. The largest absolute Gasteiger partial charge is 0.455 e. The van der Waals surface area contributed by atoms with Gasteiger partial charge < -0.3 is 14.8 Å². The molecule has 30 heavy (non-hydrogen) atoms. The number of benzene rings is 1. The molecule has 0 heterocycles. The Kier molecular flexibility index (Phi) is 7.69. The number of carbonyl (C=O) groups excluding carboxylic acids is 3. The average molecular weight is 455 g/mol. The lowest BCUT2D eigenvalue weighted by molar-refractivity contribution is -0.314. The van der Waals surface area contributed by atoms with Crippen LogP contribution >= 0.6 is 0 Å². The van der Waals surface area contributed by atoms with Crippen LogP contribution in [0.15, 0.2) is 30.3 Å². The molecule has 1 rings (SSSR count). The minimum absolute atomic E-state index is 0.188. The first-order chi connectivity index (χ1) is 13.5. The molecule has 0 bridgehead atoms. The van der Waals surface area contributed by atoms with Gasteiger partial charge in [-0.15, -0.1) is 0 Å². The summed E-state index contributed by atoms with van der Waals surface area (Å²) in [6.07, 6.45) is -22.3. The molecular weight excluding hydrogens is 445 g/mol. The lowest BCUT2D eigenvalue weighted by Gasteiger charge is -2.24. The van der Waals surface area contributed by atoms with Crippen LogP contribution in [0.1, 0.15) is 0 Å². The van der Waals surface area contributed by atoms with Crippen molar-refractivity contribution >= 4 is 23.5 Å². The number of anilines is 1. The molecule has 0 spiro atoms. The van der Waals surface area contributed by atoms with Gasteiger partial charge in [0.15, 0.2) is 6.61 Å². The highest BCUT2D eigenvalue weighted by Crippen LogP contribution is 2.36. The van der Waals surface area contributed by atoms with Crippen molar-refractivity contribution in [3.05, 3.63) is 30.3 Å². The number of alkyl halides is 9. The first kappa shape index (κ1) is 25.0. The Morgan fingerprint density at radius 1 is 0.833 bits per heavy atom. The van der Waals surface area contributed by atoms with Crippen LogP contribution in [0.2, 0.25) is 0 Å². The Morgan fingerprint density at radius 3 is 1.77 bits per heavy atom. The smallest absolute Gasteiger partial charge is 0.434 e. The molecule has 1 aromatic carbocycles. The van der Waals surface area contributed by atoms with E-state index in [1.54, 1.807) is 5.32 Å². The van der Waals surface area contributed by atoms with Gasteiger partial charge in [0.2, 0.25) is 11.8 Å². The number of amides is 1. The summed E-state index contributed by atoms with van der Waals surface area (Å²) in [6, 6.07) is 6.30. The third-order valence-electron chi connectivity index (χ3n) is 2.98. The van der Waals surface area contributed by atoms with E-state index in [9.17, 15) is 53.9 Å². The Bertz CT molecular complexity index is 744. The van der Waals surface area contributed by atoms with E-state index >= 15 is 0 Å². The molecule has 6 nitrogen and oxygen atoms in total. The second kappa shape index (κ2) is 9.21. The SMILES string of the molecule is O=C(Nc1ccccc1)C(C(=O)OCC(F)(F)F)C(=O)OC(C(F)(F)F)C(F)(F)F. The number of rotatable bonds is 6. The van der Waals surface area contributed by atoms with Crippen molar-refractivity contribution in [1.82, 2.24) is 0 Å². The summed E-state index contributed by atoms with van der Waals surface area (Å²) >= 11 is 0. The molecule has 0 fully saturated rings. The zero-order valence-corrected chi connectivity index (χ0v) is 14.2. The van der Waals surface area contributed by atoms with Crippen LogP contribution in [0.25, 0.3) is 0 Å². The summed E-state index contributed by atoms with van der Waals surface area (Å²) in [7, 11) is 0. The van der Waals surface area contributed by atoms with Gasteiger partial charge in [0.25, 0.3) is 6.10 Å². The summed E-state index contributed by atoms with van der Waals surface area (Å²) < 4.78 is 118. The number of hydrogen-bond acceptors (Lipinski definition) is 5. The van der Waals surface area contributed by atoms with Crippen LogP contribution in [0.5, 0.6) is 0 Å². The Labute approximate surface area is 160 Å². The van der Waals surface area contributed by atoms with Gasteiger partial charge in [-0.05, 0) is 12.1 Å². The molecule has 168 valence electrons. The molecule has 1 amide bonds. The van der Waals surface area contributed by atoms with E-state index < -0.39 is 55.0 Å². The van der Waals surface area contributed by atoms with Crippen LogP contribution < -0.4 is 5.32 Å². The zero-order valence-electron chi connectivity index (χ0n) is 14.2. The van der Waals surface area contributed by atoms with Crippen molar-refractivity contribution in [3.63, 3.8) is 0 Å². The lowest BCUT2D eigenvalue weighted by atomic mass is 10.1. The number of para-hydroxylation sites is 1. The van der Waals surface area contributed by atoms with Gasteiger partial charge in [-0.3, -0.25) is 14.4 Å². The molecule has 0 saturated carbocycles. The average Bonchev–Trinajstić information content (AvgIpc) is 2.56. The van der Waals surface area contributed by atoms with E-state index in [1.807, 2.05) is 0 Å². The minimum atomic E-state index is -6.19. The Hall–Kier alpha value is -3.00. The normalized spacial score (nSPS) is 13.5. The standard InChI is InChI=1S/C15H10F9NO5/c16-13(17,18)6-29-10(27)8(9(26)25-7-4-2-1-3-5-7)11(28)30-12(14(19,20)21)15(22,23)24/h1-5,8,12H,6H2,(H,25,26). The van der Waals surface area contributed by atoms with Crippen LogP contribution in [-0.2, 0) is 23.9 Å². The van der Waals surface area contributed by atoms with Crippen LogP contribution in [0.4, 0.5) is 45.2 Å². The topological polar surface area (TPSA) is 81.7 Å². The predicted octanol–water partition coefficient (Wildman–Crippen LogP) is 3.38. The molecule has 1 N–H and O–H groups in total. The maximum atomic E-state index is 12.5. The molecular formula is C15H10F9NO5. The first-order valence-corrected chi connectivity index (χ1v) is 7.45. The third-order valence-corrected chi connectivity index (χ3v) is 2.98. The fraction of sp³-hybridized carbons (Fsp3) is 0.400. The summed E-state index contributed by atoms with van der Waals surface area (Å²) in [5, 5.41) is 1.77. The van der Waals surface area contributed by atoms with Gasteiger partial charge >= 0.3 is 30.5 Å². The maximum Gasteiger partial charge on any atom is 0.434 e. The molecule has 0 aliphatic heterocycles. The van der Waals surface area contributed by atoms with Crippen molar-refractivity contribution in [2.45, 2.75) is 24.6 Å². The fourth-order valence-corrected chi connectivity index (χ4v) is 1.79. The fourth-order valence-electron chi connectivity index (χ4n) is 1.79. The van der Waals surface area contributed by atoms with Crippen LogP contribution in [0.3, 0.4) is 0 Å². The van der Waals surface area contributed by atoms with E-state index in [-0.39, 0.29) is 5.69 Å². The number of carbonyl (C=O) groups is 3. The van der Waals surface area contributed by atoms with Gasteiger partial charge in [-0.2, -0.15) is 39.5 Å². The molecule has 15 heteroatoms. The predicted molar refractivity (Wildman–Crippen MR) is 77.6 cm³/mol. The molecule has 1 unspecified atom stereocenters. The highest BCUT2D eigenvalue weighted by Gasteiger charge is 2.61. The summed E-state index contributed by atoms with van der Waals surface area (Å²) in [5.41, 5.74) is -0.188. The molecule has 0 aliphatic rings. The zero-order chi connectivity index (χ0) is 23.3. The second-order valence-electron chi connectivity index (χ2n) is 5.41. The van der Waals surface area contributed by atoms with Crippen molar-refractivity contribution in [2.24, 2.45) is 5.92 Å². The molecule has 0 aromatic heterocycles. The molecule has 0 radical (unpaired) electrons. The van der Waals surface area contributed by atoms with Gasteiger partial charge in [0.05, 0.1) is 0 Å².